The van der Waals surface area contributed by atoms with E-state index in [1.165, 1.54) is 19.3 Å². The molecule has 62 valence electrons. The van der Waals surface area contributed by atoms with Crippen LogP contribution in [0, 0.1) is 6.92 Å². The molecule has 2 radical (unpaired) electrons. The fourth-order valence-electron chi connectivity index (χ4n) is 1.45. The fourth-order valence-corrected chi connectivity index (χ4v) is 1.45. The van der Waals surface area contributed by atoms with Crippen LogP contribution in [0.1, 0.15) is 25.7 Å². The van der Waals surface area contributed by atoms with Gasteiger partial charge in [-0.25, -0.2) is 0 Å². The summed E-state index contributed by atoms with van der Waals surface area (Å²) in [6.45, 7) is 8.19. The topological polar surface area (TPSA) is 20.3 Å². The zero-order valence-electron chi connectivity index (χ0n) is 6.88. The second-order valence-corrected chi connectivity index (χ2v) is 3.12. The molecule has 0 amide bonds. The van der Waals surface area contributed by atoms with Gasteiger partial charge in [-0.3, -0.25) is 4.79 Å². The van der Waals surface area contributed by atoms with Crippen molar-refractivity contribution < 1.29 is 4.79 Å². The van der Waals surface area contributed by atoms with Gasteiger partial charge in [0.05, 0.1) is 0 Å². The zero-order chi connectivity index (χ0) is 8.10. The first kappa shape index (κ1) is 8.72. The summed E-state index contributed by atoms with van der Waals surface area (Å²) < 4.78 is 0. The minimum absolute atomic E-state index is 0.185. The summed E-state index contributed by atoms with van der Waals surface area (Å²) in [6, 6.07) is 0. The standard InChI is InChI=1S/C9H15NO/c1-9(11)5-8-10-6-3-2-4-7-10/h1H,2-8H2. The molecule has 11 heavy (non-hydrogen) atoms. The smallest absolute Gasteiger partial charge is 0.138 e. The molecule has 0 aromatic carbocycles. The summed E-state index contributed by atoms with van der Waals surface area (Å²) in [7, 11) is 0. The molecule has 2 heteroatoms. The third-order valence-electron chi connectivity index (χ3n) is 2.12. The Morgan fingerprint density at radius 2 is 1.91 bits per heavy atom. The van der Waals surface area contributed by atoms with Crippen LogP contribution in [-0.2, 0) is 4.79 Å². The lowest BCUT2D eigenvalue weighted by Crippen LogP contribution is -2.31. The van der Waals surface area contributed by atoms with Crippen LogP contribution in [0.25, 0.3) is 0 Å². The maximum absolute atomic E-state index is 10.4. The fraction of sp³-hybridized carbons (Fsp3) is 0.778. The van der Waals surface area contributed by atoms with E-state index in [4.69, 9.17) is 6.92 Å². The van der Waals surface area contributed by atoms with Crippen LogP contribution in [0.15, 0.2) is 0 Å². The first-order valence-electron chi connectivity index (χ1n) is 4.30. The number of ketones is 1. The van der Waals surface area contributed by atoms with E-state index in [0.717, 1.165) is 19.6 Å². The van der Waals surface area contributed by atoms with E-state index in [0.29, 0.717) is 6.42 Å². The third kappa shape index (κ3) is 3.51. The molecule has 0 unspecified atom stereocenters. The van der Waals surface area contributed by atoms with E-state index in [1.807, 2.05) is 0 Å². The van der Waals surface area contributed by atoms with Crippen molar-refractivity contribution in [3.8, 4) is 0 Å². The van der Waals surface area contributed by atoms with Gasteiger partial charge >= 0.3 is 0 Å². The molecule has 1 saturated heterocycles. The van der Waals surface area contributed by atoms with E-state index >= 15 is 0 Å². The number of Topliss-reactive ketones (excluding diaryl/α,β-unsaturated/α-hetero) is 1. The van der Waals surface area contributed by atoms with Crippen molar-refractivity contribution in [3.05, 3.63) is 6.92 Å². The number of carbonyl (C=O) groups is 1. The average molecular weight is 153 g/mol. The quantitative estimate of drug-likeness (QED) is 0.606. The lowest BCUT2D eigenvalue weighted by Gasteiger charge is -2.25. The third-order valence-corrected chi connectivity index (χ3v) is 2.12. The van der Waals surface area contributed by atoms with Crippen molar-refractivity contribution >= 4 is 5.78 Å². The van der Waals surface area contributed by atoms with Crippen molar-refractivity contribution in [1.29, 1.82) is 0 Å². The minimum atomic E-state index is -0.185. The first-order valence-corrected chi connectivity index (χ1v) is 4.30. The van der Waals surface area contributed by atoms with Gasteiger partial charge in [0, 0.05) is 19.9 Å². The summed E-state index contributed by atoms with van der Waals surface area (Å²) >= 11 is 0. The Morgan fingerprint density at radius 3 is 2.45 bits per heavy atom. The van der Waals surface area contributed by atoms with E-state index in [9.17, 15) is 4.79 Å². The molecule has 0 aromatic rings. The van der Waals surface area contributed by atoms with E-state index in [-0.39, 0.29) is 5.78 Å². The van der Waals surface area contributed by atoms with Crippen LogP contribution in [0.3, 0.4) is 0 Å². The Hall–Kier alpha value is -0.370. The molecule has 0 saturated carbocycles. The highest BCUT2D eigenvalue weighted by atomic mass is 16.1. The van der Waals surface area contributed by atoms with Crippen LogP contribution >= 0.6 is 0 Å². The second-order valence-electron chi connectivity index (χ2n) is 3.12. The van der Waals surface area contributed by atoms with Crippen LogP contribution in [0.2, 0.25) is 0 Å². The van der Waals surface area contributed by atoms with Crippen LogP contribution in [-0.4, -0.2) is 30.3 Å². The maximum atomic E-state index is 10.4. The number of rotatable bonds is 3. The summed E-state index contributed by atoms with van der Waals surface area (Å²) in [6.07, 6.45) is 4.41. The molecule has 0 aromatic heterocycles. The predicted octanol–water partition coefficient (Wildman–Crippen LogP) is 1.14. The molecule has 1 aliphatic rings. The Kier molecular flexibility index (Phi) is 3.57. The van der Waals surface area contributed by atoms with Gasteiger partial charge < -0.3 is 4.90 Å². The molecular formula is C9H15NO. The predicted molar refractivity (Wildman–Crippen MR) is 44.2 cm³/mol. The van der Waals surface area contributed by atoms with Gasteiger partial charge in [0.2, 0.25) is 0 Å². The number of nitrogens with zero attached hydrogens (tertiary/aromatic N) is 1. The SMILES string of the molecule is [CH]C(=O)CCN1CCCCC1. The number of likely N-dealkylation sites (tertiary alicyclic amines) is 1. The summed E-state index contributed by atoms with van der Waals surface area (Å²) in [5.74, 6) is -0.185. The molecule has 0 N–H and O–H groups in total. The minimum Gasteiger partial charge on any atom is -0.303 e. The Morgan fingerprint density at radius 1 is 1.27 bits per heavy atom. The highest BCUT2D eigenvalue weighted by Gasteiger charge is 2.09. The Balaban J connectivity index is 2.09. The summed E-state index contributed by atoms with van der Waals surface area (Å²) in [5.41, 5.74) is 0. The number of hydrogen-bond donors (Lipinski definition) is 0. The summed E-state index contributed by atoms with van der Waals surface area (Å²) in [4.78, 5) is 12.8. The molecule has 1 fully saturated rings. The van der Waals surface area contributed by atoms with Crippen molar-refractivity contribution in [2.45, 2.75) is 25.7 Å². The van der Waals surface area contributed by atoms with Crippen molar-refractivity contribution in [2.24, 2.45) is 0 Å². The van der Waals surface area contributed by atoms with Crippen molar-refractivity contribution in [3.63, 3.8) is 0 Å². The van der Waals surface area contributed by atoms with Gasteiger partial charge in [-0.2, -0.15) is 0 Å². The summed E-state index contributed by atoms with van der Waals surface area (Å²) in [5, 5.41) is 0. The second kappa shape index (κ2) is 4.50. The van der Waals surface area contributed by atoms with E-state index in [1.54, 1.807) is 0 Å². The molecular weight excluding hydrogens is 138 g/mol. The lowest BCUT2D eigenvalue weighted by molar-refractivity contribution is -0.115. The molecule has 2 nitrogen and oxygen atoms in total. The van der Waals surface area contributed by atoms with Crippen molar-refractivity contribution in [2.75, 3.05) is 19.6 Å². The van der Waals surface area contributed by atoms with E-state index < -0.39 is 0 Å². The maximum Gasteiger partial charge on any atom is 0.138 e. The highest BCUT2D eigenvalue weighted by molar-refractivity contribution is 5.82. The van der Waals surface area contributed by atoms with E-state index in [2.05, 4.69) is 4.90 Å². The molecule has 0 spiro atoms. The number of piperidine rings is 1. The molecule has 0 aliphatic carbocycles. The highest BCUT2D eigenvalue weighted by Crippen LogP contribution is 2.08. The molecule has 1 aliphatic heterocycles. The Labute approximate surface area is 68.6 Å². The first-order chi connectivity index (χ1) is 5.29. The lowest BCUT2D eigenvalue weighted by atomic mass is 10.1. The van der Waals surface area contributed by atoms with Crippen LogP contribution < -0.4 is 0 Å². The Bertz CT molecular complexity index is 128. The van der Waals surface area contributed by atoms with Gasteiger partial charge in [-0.05, 0) is 25.9 Å². The average Bonchev–Trinajstić information content (AvgIpc) is 2.03. The molecule has 1 rings (SSSR count). The van der Waals surface area contributed by atoms with Crippen LogP contribution in [0.4, 0.5) is 0 Å². The van der Waals surface area contributed by atoms with Gasteiger partial charge in [0.25, 0.3) is 0 Å². The molecule has 1 heterocycles. The number of hydrogen-bond acceptors (Lipinski definition) is 2. The van der Waals surface area contributed by atoms with Gasteiger partial charge in [-0.15, -0.1) is 0 Å². The normalized spacial score (nSPS) is 20.1. The van der Waals surface area contributed by atoms with Crippen LogP contribution in [0.5, 0.6) is 0 Å². The van der Waals surface area contributed by atoms with Gasteiger partial charge in [-0.1, -0.05) is 6.42 Å². The van der Waals surface area contributed by atoms with Gasteiger partial charge in [0.1, 0.15) is 5.78 Å². The largest absolute Gasteiger partial charge is 0.303 e. The molecule has 0 atom stereocenters. The molecule has 0 bridgehead atoms. The number of carbonyl (C=O) groups excluding carboxylic acids is 1. The van der Waals surface area contributed by atoms with Crippen molar-refractivity contribution in [1.82, 2.24) is 4.90 Å². The zero-order valence-corrected chi connectivity index (χ0v) is 6.88. The van der Waals surface area contributed by atoms with Gasteiger partial charge in [0.15, 0.2) is 0 Å². The monoisotopic (exact) mass is 153 g/mol.